The molecule has 4 aliphatic carbocycles. The highest BCUT2D eigenvalue weighted by molar-refractivity contribution is 7.99. The van der Waals surface area contributed by atoms with E-state index in [1.807, 2.05) is 0 Å². The minimum atomic E-state index is 0.645. The zero-order chi connectivity index (χ0) is 31.7. The van der Waals surface area contributed by atoms with Crippen molar-refractivity contribution in [2.75, 3.05) is 45.0 Å². The van der Waals surface area contributed by atoms with Gasteiger partial charge in [-0.25, -0.2) is 0 Å². The number of thioether (sulfide) groups is 1. The third kappa shape index (κ3) is 11.3. The van der Waals surface area contributed by atoms with Crippen molar-refractivity contribution in [1.29, 1.82) is 0 Å². The van der Waals surface area contributed by atoms with Gasteiger partial charge in [0.15, 0.2) is 0 Å². The molecule has 0 aliphatic heterocycles. The second kappa shape index (κ2) is 20.9. The van der Waals surface area contributed by atoms with Crippen molar-refractivity contribution >= 4 is 11.8 Å². The first-order valence-corrected chi connectivity index (χ1v) is 19.8. The molecule has 43 heavy (non-hydrogen) atoms. The second-order valence-corrected chi connectivity index (χ2v) is 16.8. The highest BCUT2D eigenvalue weighted by atomic mass is 32.2. The predicted molar refractivity (Wildman–Crippen MR) is 195 cm³/mol. The zero-order valence-electron chi connectivity index (χ0n) is 29.6. The fourth-order valence-corrected chi connectivity index (χ4v) is 11.6. The zero-order valence-corrected chi connectivity index (χ0v) is 30.4. The van der Waals surface area contributed by atoms with E-state index in [1.165, 1.54) is 95.9 Å². The standard InChI is InChI=1S/C30H57N3S.C6H15N.C2H4/c1-23-9-6-15-29(2)24(23)10-11-26-25(29)12-13-27-28(14-16-30(26,27)3)34-22-8-21-33-19-5-4-18-32-20-7-17-31;1-6(2)4-3-5-7;1-2/h23-28,32-33H,4-22,31H2,1-3H3;6H,3-5,7H2,1-2H3;1-2H2. The number of hydrogen-bond donors (Lipinski definition) is 4. The van der Waals surface area contributed by atoms with Crippen LogP contribution < -0.4 is 22.1 Å². The van der Waals surface area contributed by atoms with Crippen LogP contribution in [0.2, 0.25) is 0 Å². The van der Waals surface area contributed by atoms with Crippen LogP contribution >= 0.6 is 11.8 Å². The molecule has 4 fully saturated rings. The van der Waals surface area contributed by atoms with Gasteiger partial charge in [-0.2, -0.15) is 11.8 Å². The van der Waals surface area contributed by atoms with Crippen LogP contribution in [-0.2, 0) is 0 Å². The van der Waals surface area contributed by atoms with Gasteiger partial charge < -0.3 is 22.1 Å². The summed E-state index contributed by atoms with van der Waals surface area (Å²) in [7, 11) is 0. The minimum Gasteiger partial charge on any atom is -0.330 e. The van der Waals surface area contributed by atoms with Gasteiger partial charge in [0.25, 0.3) is 0 Å². The monoisotopic (exact) mass is 621 g/mol. The van der Waals surface area contributed by atoms with Crippen LogP contribution in [0.3, 0.4) is 0 Å². The van der Waals surface area contributed by atoms with Crippen molar-refractivity contribution in [3.63, 3.8) is 0 Å². The van der Waals surface area contributed by atoms with Gasteiger partial charge in [0.2, 0.25) is 0 Å². The first-order chi connectivity index (χ1) is 20.8. The third-order valence-electron chi connectivity index (χ3n) is 12.3. The van der Waals surface area contributed by atoms with E-state index < -0.39 is 0 Å². The van der Waals surface area contributed by atoms with Gasteiger partial charge in [-0.1, -0.05) is 47.5 Å². The Kier molecular flexibility index (Phi) is 19.0. The summed E-state index contributed by atoms with van der Waals surface area (Å²) in [4.78, 5) is 0. The molecule has 0 aromatic rings. The Labute approximate surface area is 273 Å². The van der Waals surface area contributed by atoms with Crippen LogP contribution in [0.15, 0.2) is 13.2 Å². The number of fused-ring (bicyclic) bond motifs is 5. The Balaban J connectivity index is 0.000000631. The van der Waals surface area contributed by atoms with Gasteiger partial charge >= 0.3 is 0 Å². The molecule has 6 N–H and O–H groups in total. The van der Waals surface area contributed by atoms with E-state index in [0.29, 0.717) is 10.8 Å². The van der Waals surface area contributed by atoms with Crippen LogP contribution in [0.4, 0.5) is 0 Å². The lowest BCUT2D eigenvalue weighted by Crippen LogP contribution is -2.55. The fourth-order valence-electron chi connectivity index (χ4n) is 9.99. The normalized spacial score (nSPS) is 34.7. The summed E-state index contributed by atoms with van der Waals surface area (Å²) in [6.07, 6.45) is 21.1. The molecule has 0 heterocycles. The summed E-state index contributed by atoms with van der Waals surface area (Å²) in [6.45, 7) is 24.7. The molecule has 0 aromatic carbocycles. The molecule has 4 nitrogen and oxygen atoms in total. The lowest BCUT2D eigenvalue weighted by Gasteiger charge is -2.62. The Bertz CT molecular complexity index is 718. The average molecular weight is 621 g/mol. The summed E-state index contributed by atoms with van der Waals surface area (Å²) in [6, 6.07) is 0. The molecule has 8 unspecified atom stereocenters. The molecule has 0 saturated heterocycles. The molecule has 0 aromatic heterocycles. The van der Waals surface area contributed by atoms with Gasteiger partial charge in [0.05, 0.1) is 0 Å². The predicted octanol–water partition coefficient (Wildman–Crippen LogP) is 8.65. The summed E-state index contributed by atoms with van der Waals surface area (Å²) in [5.74, 6) is 7.23. The summed E-state index contributed by atoms with van der Waals surface area (Å²) < 4.78 is 0. The molecular formula is C38H76N4S. The summed E-state index contributed by atoms with van der Waals surface area (Å²) >= 11 is 2.35. The molecule has 0 amide bonds. The number of nitrogens with one attached hydrogen (secondary N) is 2. The number of nitrogens with two attached hydrogens (primary N) is 2. The molecule has 4 rings (SSSR count). The first-order valence-electron chi connectivity index (χ1n) is 18.7. The highest BCUT2D eigenvalue weighted by Gasteiger charge is 2.61. The summed E-state index contributed by atoms with van der Waals surface area (Å²) in [5.41, 5.74) is 12.1. The van der Waals surface area contributed by atoms with E-state index in [0.717, 1.165) is 73.4 Å². The maximum Gasteiger partial charge on any atom is 0.00808 e. The molecule has 4 aliphatic rings. The average Bonchev–Trinajstić information content (AvgIpc) is 3.34. The molecule has 5 heteroatoms. The van der Waals surface area contributed by atoms with Crippen molar-refractivity contribution in [3.8, 4) is 0 Å². The topological polar surface area (TPSA) is 76.1 Å². The van der Waals surface area contributed by atoms with Gasteiger partial charge in [0.1, 0.15) is 0 Å². The van der Waals surface area contributed by atoms with E-state index in [-0.39, 0.29) is 0 Å². The molecular weight excluding hydrogens is 545 g/mol. The lowest BCUT2D eigenvalue weighted by molar-refractivity contribution is -0.129. The Morgan fingerprint density at radius 3 is 1.81 bits per heavy atom. The van der Waals surface area contributed by atoms with E-state index >= 15 is 0 Å². The molecule has 254 valence electrons. The second-order valence-electron chi connectivity index (χ2n) is 15.4. The number of hydrogen-bond acceptors (Lipinski definition) is 5. The van der Waals surface area contributed by atoms with Crippen molar-refractivity contribution < 1.29 is 0 Å². The SMILES string of the molecule is C=C.CC(C)CCCN.CC1CCCC2(C)C1CCC1C2CCC2C(SCCCNCCCCNCCCN)CCC21C. The maximum atomic E-state index is 5.53. The quantitative estimate of drug-likeness (QED) is 0.103. The lowest BCUT2D eigenvalue weighted by atomic mass is 9.43. The van der Waals surface area contributed by atoms with Gasteiger partial charge in [-0.3, -0.25) is 0 Å². The van der Waals surface area contributed by atoms with Crippen molar-refractivity contribution in [3.05, 3.63) is 13.2 Å². The van der Waals surface area contributed by atoms with Crippen molar-refractivity contribution in [2.24, 2.45) is 57.8 Å². The van der Waals surface area contributed by atoms with E-state index in [4.69, 9.17) is 11.5 Å². The summed E-state index contributed by atoms with van der Waals surface area (Å²) in [5, 5.41) is 8.11. The Morgan fingerprint density at radius 2 is 1.23 bits per heavy atom. The van der Waals surface area contributed by atoms with Crippen LogP contribution in [-0.4, -0.2) is 50.3 Å². The Morgan fingerprint density at radius 1 is 0.698 bits per heavy atom. The van der Waals surface area contributed by atoms with E-state index in [2.05, 4.69) is 70.2 Å². The van der Waals surface area contributed by atoms with Crippen LogP contribution in [0.5, 0.6) is 0 Å². The minimum absolute atomic E-state index is 0.645. The highest BCUT2D eigenvalue weighted by Crippen LogP contribution is 2.68. The number of unbranched alkanes of at least 4 members (excludes halogenated alkanes) is 1. The smallest absolute Gasteiger partial charge is 0.00808 e. The molecule has 0 radical (unpaired) electrons. The van der Waals surface area contributed by atoms with E-state index in [9.17, 15) is 0 Å². The van der Waals surface area contributed by atoms with Crippen LogP contribution in [0.1, 0.15) is 131 Å². The third-order valence-corrected chi connectivity index (χ3v) is 13.8. The number of rotatable bonds is 16. The molecule has 0 spiro atoms. The molecule has 8 atom stereocenters. The van der Waals surface area contributed by atoms with Gasteiger partial charge in [0, 0.05) is 5.25 Å². The van der Waals surface area contributed by atoms with Gasteiger partial charge in [-0.05, 0) is 175 Å². The van der Waals surface area contributed by atoms with E-state index in [1.54, 1.807) is 12.8 Å². The van der Waals surface area contributed by atoms with Gasteiger partial charge in [-0.15, -0.1) is 13.2 Å². The van der Waals surface area contributed by atoms with Crippen LogP contribution in [0, 0.1) is 46.3 Å². The van der Waals surface area contributed by atoms with Crippen molar-refractivity contribution in [1.82, 2.24) is 10.6 Å². The molecule has 0 bridgehead atoms. The fraction of sp³-hybridized carbons (Fsp3) is 0.947. The Hall–Kier alpha value is -0.0700. The largest absolute Gasteiger partial charge is 0.330 e. The van der Waals surface area contributed by atoms with Crippen molar-refractivity contribution in [2.45, 2.75) is 136 Å². The van der Waals surface area contributed by atoms with Crippen LogP contribution in [0.25, 0.3) is 0 Å². The maximum absolute atomic E-state index is 5.53. The first kappa shape index (κ1) is 39.1. The molecule has 4 saturated carbocycles.